The van der Waals surface area contributed by atoms with Crippen LogP contribution in [0.4, 0.5) is 13.2 Å². The summed E-state index contributed by atoms with van der Waals surface area (Å²) in [6.45, 7) is 4.06. The van der Waals surface area contributed by atoms with Gasteiger partial charge in [-0.25, -0.2) is 0 Å². The van der Waals surface area contributed by atoms with Gasteiger partial charge in [-0.15, -0.1) is 13.2 Å². The number of hydrogen-bond acceptors (Lipinski definition) is 2. The van der Waals surface area contributed by atoms with Crippen molar-refractivity contribution in [1.82, 2.24) is 0 Å². The molecule has 2 nitrogen and oxygen atoms in total. The van der Waals surface area contributed by atoms with Crippen molar-refractivity contribution in [2.45, 2.75) is 32.0 Å². The number of aliphatic hydroxyl groups is 1. The standard InChI is InChI=1S/C13H15F3O2/c1-11(2)7-12(11,8-17)9-3-5-10(6-4-9)18-13(14,15)16/h3-6,17H,7-8H2,1-2H3. The summed E-state index contributed by atoms with van der Waals surface area (Å²) in [5, 5.41) is 9.49. The highest BCUT2D eigenvalue weighted by Crippen LogP contribution is 2.63. The maximum atomic E-state index is 12.0. The maximum Gasteiger partial charge on any atom is 0.573 e. The van der Waals surface area contributed by atoms with E-state index in [9.17, 15) is 18.3 Å². The van der Waals surface area contributed by atoms with Crippen molar-refractivity contribution in [3.63, 3.8) is 0 Å². The third-order valence-corrected chi connectivity index (χ3v) is 3.82. The van der Waals surface area contributed by atoms with E-state index < -0.39 is 6.36 Å². The predicted molar refractivity (Wildman–Crippen MR) is 60.3 cm³/mol. The number of alkyl halides is 3. The van der Waals surface area contributed by atoms with Crippen LogP contribution in [0.3, 0.4) is 0 Å². The lowest BCUT2D eigenvalue weighted by atomic mass is 9.89. The summed E-state index contributed by atoms with van der Waals surface area (Å²) in [6, 6.07) is 5.75. The minimum Gasteiger partial charge on any atom is -0.406 e. The van der Waals surface area contributed by atoms with E-state index in [2.05, 4.69) is 4.74 Å². The van der Waals surface area contributed by atoms with Crippen LogP contribution in [0.25, 0.3) is 0 Å². The van der Waals surface area contributed by atoms with Gasteiger partial charge in [0.1, 0.15) is 5.75 Å². The second-order valence-corrected chi connectivity index (χ2v) is 5.37. The molecule has 0 saturated heterocycles. The molecule has 18 heavy (non-hydrogen) atoms. The maximum absolute atomic E-state index is 12.0. The normalized spacial score (nSPS) is 25.9. The zero-order valence-electron chi connectivity index (χ0n) is 10.2. The Balaban J connectivity index is 2.19. The largest absolute Gasteiger partial charge is 0.573 e. The number of ether oxygens (including phenoxy) is 1. The van der Waals surface area contributed by atoms with Crippen LogP contribution in [-0.2, 0) is 5.41 Å². The van der Waals surface area contributed by atoms with Gasteiger partial charge < -0.3 is 9.84 Å². The van der Waals surface area contributed by atoms with Crippen LogP contribution in [0.2, 0.25) is 0 Å². The van der Waals surface area contributed by atoms with E-state index in [1.165, 1.54) is 12.1 Å². The fourth-order valence-corrected chi connectivity index (χ4v) is 2.54. The summed E-state index contributed by atoms with van der Waals surface area (Å²) in [4.78, 5) is 0. The Labute approximate surface area is 103 Å². The molecule has 1 aliphatic rings. The SMILES string of the molecule is CC1(C)CC1(CO)c1ccc(OC(F)(F)F)cc1. The van der Waals surface area contributed by atoms with Gasteiger partial charge in [-0.1, -0.05) is 26.0 Å². The molecule has 0 amide bonds. The molecule has 1 saturated carbocycles. The first-order chi connectivity index (χ1) is 8.20. The lowest BCUT2D eigenvalue weighted by molar-refractivity contribution is -0.274. The Kier molecular flexibility index (Phi) is 2.85. The smallest absolute Gasteiger partial charge is 0.406 e. The van der Waals surface area contributed by atoms with E-state index in [0.29, 0.717) is 0 Å². The lowest BCUT2D eigenvalue weighted by Gasteiger charge is -2.19. The monoisotopic (exact) mass is 260 g/mol. The molecule has 0 radical (unpaired) electrons. The number of benzene rings is 1. The summed E-state index contributed by atoms with van der Waals surface area (Å²) in [5.41, 5.74) is 0.502. The molecule has 0 aliphatic heterocycles. The van der Waals surface area contributed by atoms with Crippen molar-refractivity contribution in [3.05, 3.63) is 29.8 Å². The lowest BCUT2D eigenvalue weighted by Crippen LogP contribution is -2.20. The first kappa shape index (κ1) is 13.2. The van der Waals surface area contributed by atoms with E-state index in [1.54, 1.807) is 12.1 Å². The third-order valence-electron chi connectivity index (χ3n) is 3.82. The summed E-state index contributed by atoms with van der Waals surface area (Å²) in [5.74, 6) is -0.238. The van der Waals surface area contributed by atoms with Gasteiger partial charge in [0.2, 0.25) is 0 Å². The zero-order valence-corrected chi connectivity index (χ0v) is 10.2. The van der Waals surface area contributed by atoms with Crippen LogP contribution in [0.1, 0.15) is 25.8 Å². The van der Waals surface area contributed by atoms with Gasteiger partial charge in [-0.2, -0.15) is 0 Å². The van der Waals surface area contributed by atoms with Gasteiger partial charge >= 0.3 is 6.36 Å². The van der Waals surface area contributed by atoms with Gasteiger partial charge in [0.05, 0.1) is 6.61 Å². The molecule has 1 N–H and O–H groups in total. The van der Waals surface area contributed by atoms with Crippen molar-refractivity contribution in [2.75, 3.05) is 6.61 Å². The molecule has 1 atom stereocenters. The van der Waals surface area contributed by atoms with E-state index >= 15 is 0 Å². The Morgan fingerprint density at radius 2 is 1.72 bits per heavy atom. The Morgan fingerprint density at radius 3 is 2.06 bits per heavy atom. The molecule has 2 rings (SSSR count). The highest BCUT2D eigenvalue weighted by atomic mass is 19.4. The quantitative estimate of drug-likeness (QED) is 0.904. The fraction of sp³-hybridized carbons (Fsp3) is 0.538. The van der Waals surface area contributed by atoms with E-state index in [4.69, 9.17) is 0 Å². The number of halogens is 3. The molecule has 1 unspecified atom stereocenters. The molecule has 5 heteroatoms. The van der Waals surface area contributed by atoms with Crippen molar-refractivity contribution in [2.24, 2.45) is 5.41 Å². The van der Waals surface area contributed by atoms with Crippen LogP contribution in [-0.4, -0.2) is 18.1 Å². The van der Waals surface area contributed by atoms with E-state index in [0.717, 1.165) is 12.0 Å². The highest BCUT2D eigenvalue weighted by molar-refractivity contribution is 5.40. The predicted octanol–water partition coefficient (Wildman–Crippen LogP) is 3.25. The van der Waals surface area contributed by atoms with Crippen molar-refractivity contribution in [3.8, 4) is 5.75 Å². The Morgan fingerprint density at radius 1 is 1.22 bits per heavy atom. The molecule has 1 aromatic carbocycles. The molecule has 1 aromatic rings. The van der Waals surface area contributed by atoms with Gasteiger partial charge in [-0.05, 0) is 29.5 Å². The van der Waals surface area contributed by atoms with E-state index in [-0.39, 0.29) is 23.2 Å². The van der Waals surface area contributed by atoms with Crippen LogP contribution in [0, 0.1) is 5.41 Å². The van der Waals surface area contributed by atoms with Crippen molar-refractivity contribution in [1.29, 1.82) is 0 Å². The Hall–Kier alpha value is -1.23. The van der Waals surface area contributed by atoms with Crippen LogP contribution in [0.5, 0.6) is 5.75 Å². The second kappa shape index (κ2) is 3.88. The Bertz CT molecular complexity index is 437. The molecule has 100 valence electrons. The van der Waals surface area contributed by atoms with Gasteiger partial charge in [-0.3, -0.25) is 0 Å². The highest BCUT2D eigenvalue weighted by Gasteiger charge is 2.61. The molecular weight excluding hydrogens is 245 g/mol. The topological polar surface area (TPSA) is 29.5 Å². The average molecular weight is 260 g/mol. The van der Waals surface area contributed by atoms with Crippen molar-refractivity contribution >= 4 is 0 Å². The number of hydrogen-bond donors (Lipinski definition) is 1. The van der Waals surface area contributed by atoms with Crippen LogP contribution >= 0.6 is 0 Å². The average Bonchev–Trinajstić information content (AvgIpc) is 2.81. The minimum atomic E-state index is -4.67. The minimum absolute atomic E-state index is 0.000521. The van der Waals surface area contributed by atoms with Crippen LogP contribution in [0.15, 0.2) is 24.3 Å². The van der Waals surface area contributed by atoms with Gasteiger partial charge in [0.25, 0.3) is 0 Å². The number of aliphatic hydroxyl groups excluding tert-OH is 1. The molecule has 0 heterocycles. The first-order valence-corrected chi connectivity index (χ1v) is 5.67. The molecule has 1 aliphatic carbocycles. The first-order valence-electron chi connectivity index (χ1n) is 5.67. The number of rotatable bonds is 3. The van der Waals surface area contributed by atoms with Gasteiger partial charge in [0, 0.05) is 5.41 Å². The molecule has 0 bridgehead atoms. The van der Waals surface area contributed by atoms with Crippen LogP contribution < -0.4 is 4.74 Å². The molecule has 1 fully saturated rings. The molecular formula is C13H15F3O2. The van der Waals surface area contributed by atoms with Crippen molar-refractivity contribution < 1.29 is 23.0 Å². The van der Waals surface area contributed by atoms with Gasteiger partial charge in [0.15, 0.2) is 0 Å². The summed E-state index contributed by atoms with van der Waals surface area (Å²) in [7, 11) is 0. The third kappa shape index (κ3) is 2.19. The zero-order chi connectivity index (χ0) is 13.6. The molecule has 0 aromatic heterocycles. The second-order valence-electron chi connectivity index (χ2n) is 5.37. The summed E-state index contributed by atoms with van der Waals surface area (Å²) >= 11 is 0. The molecule has 0 spiro atoms. The summed E-state index contributed by atoms with van der Waals surface area (Å²) in [6.07, 6.45) is -3.84. The fourth-order valence-electron chi connectivity index (χ4n) is 2.54. The summed E-state index contributed by atoms with van der Waals surface area (Å²) < 4.78 is 39.9. The van der Waals surface area contributed by atoms with E-state index in [1.807, 2.05) is 13.8 Å².